The van der Waals surface area contributed by atoms with Gasteiger partial charge in [-0.2, -0.15) is 12.6 Å². The zero-order valence-electron chi connectivity index (χ0n) is 7.84. The molecule has 0 aliphatic rings. The van der Waals surface area contributed by atoms with E-state index in [4.69, 9.17) is 5.11 Å². The Morgan fingerprint density at radius 1 is 0.909 bits per heavy atom. The molecule has 0 atom stereocenters. The van der Waals surface area contributed by atoms with Gasteiger partial charge in [0, 0.05) is 6.61 Å². The van der Waals surface area contributed by atoms with Crippen LogP contribution in [-0.2, 0) is 0 Å². The van der Waals surface area contributed by atoms with E-state index < -0.39 is 0 Å². The average Bonchev–Trinajstić information content (AvgIpc) is 2.08. The highest BCUT2D eigenvalue weighted by molar-refractivity contribution is 7.79. The highest BCUT2D eigenvalue weighted by atomic mass is 32.1. The van der Waals surface area contributed by atoms with Gasteiger partial charge in [0.05, 0.1) is 0 Å². The van der Waals surface area contributed by atoms with Crippen molar-refractivity contribution >= 4 is 12.6 Å². The maximum Gasteiger partial charge on any atom is 0.0431 e. The monoisotopic (exact) mass is 178 g/mol. The van der Waals surface area contributed by atoms with E-state index in [1.165, 1.54) is 32.1 Å². The van der Waals surface area contributed by atoms with Gasteiger partial charge in [-0.1, -0.05) is 39.0 Å². The standard InChI is InChI=1S/C8H18O.CH4S/c1-2-3-4-5-6-7-8-9;1-2/h9H,2-8H2,1H3;2H,1H3. The minimum absolute atomic E-state index is 0.367. The summed E-state index contributed by atoms with van der Waals surface area (Å²) in [5.41, 5.74) is 0. The van der Waals surface area contributed by atoms with Gasteiger partial charge in [-0.05, 0) is 12.7 Å². The van der Waals surface area contributed by atoms with Gasteiger partial charge in [0.1, 0.15) is 0 Å². The van der Waals surface area contributed by atoms with E-state index in [2.05, 4.69) is 19.6 Å². The molecule has 0 aromatic heterocycles. The van der Waals surface area contributed by atoms with Crippen LogP contribution in [-0.4, -0.2) is 18.0 Å². The Labute approximate surface area is 76.6 Å². The predicted molar refractivity (Wildman–Crippen MR) is 55.4 cm³/mol. The van der Waals surface area contributed by atoms with Gasteiger partial charge in [0.2, 0.25) is 0 Å². The van der Waals surface area contributed by atoms with Gasteiger partial charge < -0.3 is 5.11 Å². The molecule has 70 valence electrons. The molecule has 1 N–H and O–H groups in total. The minimum atomic E-state index is 0.367. The van der Waals surface area contributed by atoms with Crippen molar-refractivity contribution in [3.8, 4) is 0 Å². The van der Waals surface area contributed by atoms with Crippen molar-refractivity contribution in [3.63, 3.8) is 0 Å². The van der Waals surface area contributed by atoms with Crippen LogP contribution in [0.1, 0.15) is 45.4 Å². The van der Waals surface area contributed by atoms with Crippen LogP contribution >= 0.6 is 12.6 Å². The van der Waals surface area contributed by atoms with Crippen LogP contribution in [0.5, 0.6) is 0 Å². The smallest absolute Gasteiger partial charge is 0.0431 e. The third-order valence-corrected chi connectivity index (χ3v) is 1.51. The SMILES string of the molecule is CCCCCCCCO.CS. The first-order chi connectivity index (χ1) is 5.41. The van der Waals surface area contributed by atoms with Crippen LogP contribution < -0.4 is 0 Å². The molecule has 0 radical (unpaired) electrons. The number of hydrogen-bond acceptors (Lipinski definition) is 2. The molecular formula is C9H22OS. The predicted octanol–water partition coefficient (Wildman–Crippen LogP) is 2.89. The van der Waals surface area contributed by atoms with Gasteiger partial charge in [0.15, 0.2) is 0 Å². The summed E-state index contributed by atoms with van der Waals surface area (Å²) in [5, 5.41) is 8.42. The first kappa shape index (κ1) is 13.9. The molecule has 0 spiro atoms. The molecule has 0 saturated carbocycles. The van der Waals surface area contributed by atoms with E-state index in [0.717, 1.165) is 6.42 Å². The zero-order chi connectivity index (χ0) is 8.95. The zero-order valence-corrected chi connectivity index (χ0v) is 8.74. The second kappa shape index (κ2) is 16.7. The van der Waals surface area contributed by atoms with Crippen molar-refractivity contribution in [1.29, 1.82) is 0 Å². The molecule has 0 rings (SSSR count). The van der Waals surface area contributed by atoms with Crippen LogP contribution in [0.25, 0.3) is 0 Å². The molecule has 2 heteroatoms. The summed E-state index contributed by atoms with van der Waals surface area (Å²) < 4.78 is 0. The molecule has 0 unspecified atom stereocenters. The number of unbranched alkanes of at least 4 members (excludes halogenated alkanes) is 5. The quantitative estimate of drug-likeness (QED) is 0.473. The summed E-state index contributed by atoms with van der Waals surface area (Å²) in [6.07, 6.45) is 9.19. The largest absolute Gasteiger partial charge is 0.396 e. The van der Waals surface area contributed by atoms with E-state index in [1.54, 1.807) is 6.26 Å². The number of aliphatic hydroxyl groups is 1. The molecule has 0 aliphatic carbocycles. The normalized spacial score (nSPS) is 8.73. The topological polar surface area (TPSA) is 20.2 Å². The van der Waals surface area contributed by atoms with E-state index in [9.17, 15) is 0 Å². The molecular weight excluding hydrogens is 156 g/mol. The van der Waals surface area contributed by atoms with Gasteiger partial charge >= 0.3 is 0 Å². The van der Waals surface area contributed by atoms with Crippen molar-refractivity contribution in [3.05, 3.63) is 0 Å². The van der Waals surface area contributed by atoms with Gasteiger partial charge in [-0.25, -0.2) is 0 Å². The summed E-state index contributed by atoms with van der Waals surface area (Å²) in [6, 6.07) is 0. The maximum atomic E-state index is 8.42. The Bertz CT molecular complexity index is 42.8. The fraction of sp³-hybridized carbons (Fsp3) is 1.00. The number of thiol groups is 1. The lowest BCUT2D eigenvalue weighted by Crippen LogP contribution is -1.82. The molecule has 1 nitrogen and oxygen atoms in total. The fourth-order valence-electron chi connectivity index (χ4n) is 0.892. The lowest BCUT2D eigenvalue weighted by molar-refractivity contribution is 0.282. The Hall–Kier alpha value is 0.310. The Balaban J connectivity index is 0. The molecule has 0 bridgehead atoms. The van der Waals surface area contributed by atoms with Gasteiger partial charge in [-0.3, -0.25) is 0 Å². The third kappa shape index (κ3) is 17.9. The molecule has 0 heterocycles. The van der Waals surface area contributed by atoms with E-state index >= 15 is 0 Å². The van der Waals surface area contributed by atoms with Crippen LogP contribution in [0.15, 0.2) is 0 Å². The Morgan fingerprint density at radius 2 is 1.36 bits per heavy atom. The highest BCUT2D eigenvalue weighted by Crippen LogP contribution is 2.03. The Kier molecular flexibility index (Phi) is 21.1. The first-order valence-corrected chi connectivity index (χ1v) is 5.36. The average molecular weight is 178 g/mol. The van der Waals surface area contributed by atoms with Crippen molar-refractivity contribution in [2.45, 2.75) is 45.4 Å². The van der Waals surface area contributed by atoms with Crippen molar-refractivity contribution < 1.29 is 5.11 Å². The first-order valence-electron chi connectivity index (χ1n) is 4.47. The maximum absolute atomic E-state index is 8.42. The summed E-state index contributed by atoms with van der Waals surface area (Å²) in [4.78, 5) is 0. The summed E-state index contributed by atoms with van der Waals surface area (Å²) in [7, 11) is 0. The Morgan fingerprint density at radius 3 is 1.82 bits per heavy atom. The van der Waals surface area contributed by atoms with Crippen LogP contribution in [0.4, 0.5) is 0 Å². The van der Waals surface area contributed by atoms with Crippen LogP contribution in [0.3, 0.4) is 0 Å². The van der Waals surface area contributed by atoms with E-state index in [-0.39, 0.29) is 0 Å². The molecule has 0 aromatic carbocycles. The number of rotatable bonds is 6. The summed E-state index contributed by atoms with van der Waals surface area (Å²) in [5.74, 6) is 0. The molecule has 0 aliphatic heterocycles. The molecule has 11 heavy (non-hydrogen) atoms. The molecule has 0 amide bonds. The fourth-order valence-corrected chi connectivity index (χ4v) is 0.892. The molecule has 0 saturated heterocycles. The highest BCUT2D eigenvalue weighted by Gasteiger charge is 1.86. The van der Waals surface area contributed by atoms with E-state index in [1.807, 2.05) is 0 Å². The third-order valence-electron chi connectivity index (χ3n) is 1.51. The lowest BCUT2D eigenvalue weighted by atomic mass is 10.1. The summed E-state index contributed by atoms with van der Waals surface area (Å²) in [6.45, 7) is 2.58. The van der Waals surface area contributed by atoms with Crippen LogP contribution in [0, 0.1) is 0 Å². The second-order valence-electron chi connectivity index (χ2n) is 2.49. The molecule has 0 aromatic rings. The van der Waals surface area contributed by atoms with Crippen LogP contribution in [0.2, 0.25) is 0 Å². The number of hydrogen-bond donors (Lipinski definition) is 2. The van der Waals surface area contributed by atoms with Gasteiger partial charge in [0.25, 0.3) is 0 Å². The van der Waals surface area contributed by atoms with E-state index in [0.29, 0.717) is 6.61 Å². The summed E-state index contributed by atoms with van der Waals surface area (Å²) >= 11 is 3.53. The minimum Gasteiger partial charge on any atom is -0.396 e. The lowest BCUT2D eigenvalue weighted by Gasteiger charge is -1.95. The van der Waals surface area contributed by atoms with Gasteiger partial charge in [-0.15, -0.1) is 0 Å². The van der Waals surface area contributed by atoms with Crippen molar-refractivity contribution in [1.82, 2.24) is 0 Å². The molecule has 0 fully saturated rings. The van der Waals surface area contributed by atoms with Crippen molar-refractivity contribution in [2.75, 3.05) is 12.9 Å². The van der Waals surface area contributed by atoms with Crippen molar-refractivity contribution in [2.24, 2.45) is 0 Å². The second-order valence-corrected chi connectivity index (χ2v) is 2.49. The number of aliphatic hydroxyl groups excluding tert-OH is 1.